The van der Waals surface area contributed by atoms with Crippen molar-refractivity contribution in [3.63, 3.8) is 0 Å². The van der Waals surface area contributed by atoms with Crippen LogP contribution in [0.5, 0.6) is 5.75 Å². The van der Waals surface area contributed by atoms with Crippen LogP contribution in [0.3, 0.4) is 0 Å². The van der Waals surface area contributed by atoms with Crippen LogP contribution in [0, 0.1) is 19.7 Å². The molecule has 2 aromatic carbocycles. The molecule has 0 unspecified atom stereocenters. The number of aliphatic carboxylic acids is 1. The van der Waals surface area contributed by atoms with Gasteiger partial charge in [0.05, 0.1) is 23.9 Å². The lowest BCUT2D eigenvalue weighted by Crippen LogP contribution is -2.28. The van der Waals surface area contributed by atoms with Crippen LogP contribution < -0.4 is 10.1 Å². The zero-order valence-electron chi connectivity index (χ0n) is 27.8. The maximum Gasteiger partial charge on any atom is 0.337 e. The summed E-state index contributed by atoms with van der Waals surface area (Å²) in [6, 6.07) is 9.02. The minimum atomic E-state index is -1.36. The predicted octanol–water partition coefficient (Wildman–Crippen LogP) is 6.72. The Morgan fingerprint density at radius 2 is 1.94 bits per heavy atom. The summed E-state index contributed by atoms with van der Waals surface area (Å²) in [6.45, 7) is 9.51. The SMILES string of the molecule is Cc1nc2c(cc(CCC(=O)Nc3ccc4c(cnn4C)c3)n2C)c(-c2cc(F)c3c(c2C)CCCO3)c1[C@H](OC(C)(C)C)C(=O)O. The molecule has 4 heterocycles. The van der Waals surface area contributed by atoms with Crippen LogP contribution in [0.4, 0.5) is 10.1 Å². The van der Waals surface area contributed by atoms with Crippen LogP contribution in [-0.4, -0.2) is 48.5 Å². The van der Waals surface area contributed by atoms with Gasteiger partial charge in [0.1, 0.15) is 5.65 Å². The number of aryl methyl sites for hydroxylation is 4. The topological polar surface area (TPSA) is 121 Å². The van der Waals surface area contributed by atoms with Crippen molar-refractivity contribution in [1.82, 2.24) is 19.3 Å². The van der Waals surface area contributed by atoms with Crippen molar-refractivity contribution >= 4 is 39.5 Å². The number of nitrogens with one attached hydrogen (secondary N) is 1. The monoisotopic (exact) mass is 641 g/mol. The molecule has 1 atom stereocenters. The van der Waals surface area contributed by atoms with E-state index in [0.29, 0.717) is 58.6 Å². The number of carbonyl (C=O) groups excluding carboxylic acids is 1. The van der Waals surface area contributed by atoms with Crippen molar-refractivity contribution in [1.29, 1.82) is 0 Å². The minimum Gasteiger partial charge on any atom is -0.490 e. The van der Waals surface area contributed by atoms with Gasteiger partial charge in [-0.3, -0.25) is 9.48 Å². The number of aromatic nitrogens is 4. The Hall–Kier alpha value is -4.77. The summed E-state index contributed by atoms with van der Waals surface area (Å²) in [6.07, 6.45) is 2.40. The van der Waals surface area contributed by atoms with Crippen LogP contribution in [0.2, 0.25) is 0 Å². The van der Waals surface area contributed by atoms with E-state index in [1.54, 1.807) is 38.6 Å². The normalized spacial score (nSPS) is 13.9. The summed E-state index contributed by atoms with van der Waals surface area (Å²) in [5.41, 5.74) is 5.87. The van der Waals surface area contributed by atoms with Gasteiger partial charge in [-0.2, -0.15) is 5.10 Å². The van der Waals surface area contributed by atoms with Gasteiger partial charge in [0.2, 0.25) is 5.91 Å². The van der Waals surface area contributed by atoms with Crippen molar-refractivity contribution in [3.05, 3.63) is 70.4 Å². The zero-order chi connectivity index (χ0) is 33.8. The van der Waals surface area contributed by atoms with E-state index in [4.69, 9.17) is 14.5 Å². The van der Waals surface area contributed by atoms with E-state index in [1.807, 2.05) is 49.9 Å². The van der Waals surface area contributed by atoms with Crippen LogP contribution in [-0.2, 0) is 41.3 Å². The molecular weight excluding hydrogens is 601 g/mol. The number of nitrogens with zero attached hydrogens (tertiary/aromatic N) is 4. The number of carboxylic acid groups (broad SMARTS) is 1. The molecule has 5 aromatic rings. The van der Waals surface area contributed by atoms with Crippen LogP contribution >= 0.6 is 0 Å². The molecule has 3 aromatic heterocycles. The molecule has 2 N–H and O–H groups in total. The molecule has 47 heavy (non-hydrogen) atoms. The number of rotatable bonds is 8. The van der Waals surface area contributed by atoms with Gasteiger partial charge in [-0.1, -0.05) is 0 Å². The van der Waals surface area contributed by atoms with Crippen LogP contribution in [0.1, 0.15) is 67.8 Å². The highest BCUT2D eigenvalue weighted by Gasteiger charge is 2.34. The highest BCUT2D eigenvalue weighted by molar-refractivity contribution is 6.00. The Morgan fingerprint density at radius 1 is 1.17 bits per heavy atom. The third kappa shape index (κ3) is 6.07. The summed E-state index contributed by atoms with van der Waals surface area (Å²) in [5, 5.41) is 19.3. The lowest BCUT2D eigenvalue weighted by Gasteiger charge is -2.29. The van der Waals surface area contributed by atoms with E-state index < -0.39 is 23.5 Å². The van der Waals surface area contributed by atoms with E-state index in [-0.39, 0.29) is 18.1 Å². The lowest BCUT2D eigenvalue weighted by molar-refractivity contribution is -0.160. The first kappa shape index (κ1) is 32.2. The molecule has 0 spiro atoms. The highest BCUT2D eigenvalue weighted by Crippen LogP contribution is 2.45. The average Bonchev–Trinajstić information content (AvgIpc) is 3.54. The number of hydrogen-bond acceptors (Lipinski definition) is 6. The standard InChI is InChI=1S/C36H40FN5O5/c1-19-24-9-8-14-46-32(24)27(37)17-25(19)31-26-16-23(11-13-29(43)40-22-10-12-28-21(15-22)18-38-42(28)7)41(6)34(26)39-20(2)30(31)33(35(44)45)47-36(3,4)5/h10,12,15-18,33H,8-9,11,13-14H2,1-7H3,(H,40,43)(H,44,45)/t33-/m0/s1. The van der Waals surface area contributed by atoms with Gasteiger partial charge in [-0.05, 0) is 95.3 Å². The van der Waals surface area contributed by atoms with Gasteiger partial charge in [0.15, 0.2) is 17.7 Å². The third-order valence-electron chi connectivity index (χ3n) is 8.80. The predicted molar refractivity (Wildman–Crippen MR) is 178 cm³/mol. The van der Waals surface area contributed by atoms with Gasteiger partial charge in [-0.25, -0.2) is 14.2 Å². The van der Waals surface area contributed by atoms with Crippen LogP contribution in [0.15, 0.2) is 36.5 Å². The first-order chi connectivity index (χ1) is 22.2. The van der Waals surface area contributed by atoms with Crippen molar-refractivity contribution in [2.75, 3.05) is 11.9 Å². The maximum absolute atomic E-state index is 15.7. The second-order valence-electron chi connectivity index (χ2n) is 13.2. The number of halogens is 1. The number of amides is 1. The lowest BCUT2D eigenvalue weighted by atomic mass is 9.86. The fourth-order valence-electron chi connectivity index (χ4n) is 6.57. The molecule has 1 aliphatic heterocycles. The summed E-state index contributed by atoms with van der Waals surface area (Å²) in [4.78, 5) is 30.8. The van der Waals surface area contributed by atoms with Gasteiger partial charge >= 0.3 is 5.97 Å². The molecule has 246 valence electrons. The molecule has 1 aliphatic rings. The fraction of sp³-hybridized carbons (Fsp3) is 0.389. The number of hydrogen-bond donors (Lipinski definition) is 2. The number of carboxylic acids is 1. The zero-order valence-corrected chi connectivity index (χ0v) is 27.8. The van der Waals surface area contributed by atoms with Crippen LogP contribution in [0.25, 0.3) is 33.1 Å². The molecule has 11 heteroatoms. The number of ether oxygens (including phenoxy) is 2. The van der Waals surface area contributed by atoms with E-state index in [9.17, 15) is 14.7 Å². The summed E-state index contributed by atoms with van der Waals surface area (Å²) in [7, 11) is 3.74. The van der Waals surface area contributed by atoms with Gasteiger partial charge in [0.25, 0.3) is 0 Å². The smallest absolute Gasteiger partial charge is 0.337 e. The second kappa shape index (κ2) is 12.1. The van der Waals surface area contributed by atoms with Crippen molar-refractivity contribution in [3.8, 4) is 16.9 Å². The molecule has 0 saturated heterocycles. The average molecular weight is 642 g/mol. The fourth-order valence-corrected chi connectivity index (χ4v) is 6.57. The quantitative estimate of drug-likeness (QED) is 0.193. The molecule has 0 radical (unpaired) electrons. The summed E-state index contributed by atoms with van der Waals surface area (Å²) in [5.74, 6) is -1.55. The van der Waals surface area contributed by atoms with Crippen molar-refractivity contribution in [2.45, 2.75) is 72.0 Å². The number of pyridine rings is 1. The van der Waals surface area contributed by atoms with Gasteiger partial charge in [0, 0.05) is 65.1 Å². The molecule has 6 rings (SSSR count). The van der Waals surface area contributed by atoms with E-state index in [1.165, 1.54) is 6.07 Å². The number of anilines is 1. The first-order valence-electron chi connectivity index (χ1n) is 15.8. The largest absolute Gasteiger partial charge is 0.490 e. The molecule has 0 bridgehead atoms. The minimum absolute atomic E-state index is 0.152. The summed E-state index contributed by atoms with van der Waals surface area (Å²) >= 11 is 0. The van der Waals surface area contributed by atoms with Crippen molar-refractivity contribution < 1.29 is 28.6 Å². The van der Waals surface area contributed by atoms with Gasteiger partial charge in [-0.15, -0.1) is 0 Å². The van der Waals surface area contributed by atoms with Crippen molar-refractivity contribution in [2.24, 2.45) is 14.1 Å². The van der Waals surface area contributed by atoms with E-state index in [2.05, 4.69) is 10.4 Å². The molecule has 10 nitrogen and oxygen atoms in total. The number of fused-ring (bicyclic) bond motifs is 3. The molecule has 1 amide bonds. The maximum atomic E-state index is 15.7. The number of carbonyl (C=O) groups is 2. The molecule has 0 fully saturated rings. The number of benzene rings is 2. The Labute approximate surface area is 272 Å². The Kier molecular flexibility index (Phi) is 8.29. The molecular formula is C36H40FN5O5. The molecule has 0 saturated carbocycles. The summed E-state index contributed by atoms with van der Waals surface area (Å²) < 4.78 is 31.2. The third-order valence-corrected chi connectivity index (χ3v) is 8.80. The Bertz CT molecular complexity index is 2060. The first-order valence-corrected chi connectivity index (χ1v) is 15.8. The van der Waals surface area contributed by atoms with Gasteiger partial charge < -0.3 is 24.5 Å². The Balaban J connectivity index is 1.44. The molecule has 0 aliphatic carbocycles. The second-order valence-corrected chi connectivity index (χ2v) is 13.2. The van der Waals surface area contributed by atoms with E-state index in [0.717, 1.165) is 34.1 Å². The highest BCUT2D eigenvalue weighted by atomic mass is 19.1. The Morgan fingerprint density at radius 3 is 2.66 bits per heavy atom. The van der Waals surface area contributed by atoms with E-state index >= 15 is 4.39 Å².